The topological polar surface area (TPSA) is 42.1 Å². The summed E-state index contributed by atoms with van der Waals surface area (Å²) in [4.78, 5) is 6.52. The second-order valence-electron chi connectivity index (χ2n) is 4.68. The Morgan fingerprint density at radius 2 is 2.05 bits per heavy atom. The van der Waals surface area contributed by atoms with Crippen LogP contribution in [-0.2, 0) is 6.54 Å². The van der Waals surface area contributed by atoms with Gasteiger partial charge in [-0.3, -0.25) is 0 Å². The molecule has 3 nitrogen and oxygen atoms in total. The van der Waals surface area contributed by atoms with Crippen molar-refractivity contribution in [3.8, 4) is 0 Å². The van der Waals surface area contributed by atoms with Gasteiger partial charge in [-0.2, -0.15) is 0 Å². The molecule has 0 radical (unpaired) electrons. The van der Waals surface area contributed by atoms with E-state index in [-0.39, 0.29) is 6.04 Å². The summed E-state index contributed by atoms with van der Waals surface area (Å²) >= 11 is 3.57. The van der Waals surface area contributed by atoms with Gasteiger partial charge in [0.25, 0.3) is 0 Å². The first-order valence-electron chi connectivity index (χ1n) is 6.24. The fourth-order valence-electron chi connectivity index (χ4n) is 1.89. The Kier molecular flexibility index (Phi) is 4.56. The van der Waals surface area contributed by atoms with Crippen molar-refractivity contribution >= 4 is 21.7 Å². The maximum atomic E-state index is 5.91. The summed E-state index contributed by atoms with van der Waals surface area (Å²) in [7, 11) is 2.03. The molecule has 1 aromatic carbocycles. The molecule has 0 aliphatic carbocycles. The molecule has 0 unspecified atom stereocenters. The van der Waals surface area contributed by atoms with Gasteiger partial charge in [0.05, 0.1) is 0 Å². The molecule has 2 N–H and O–H groups in total. The Bertz CT molecular complexity index is 555. The largest absolute Gasteiger partial charge is 0.355 e. The number of rotatable bonds is 4. The third-order valence-corrected chi connectivity index (χ3v) is 3.83. The molecule has 0 bridgehead atoms. The zero-order valence-electron chi connectivity index (χ0n) is 11.2. The maximum Gasteiger partial charge on any atom is 0.128 e. The van der Waals surface area contributed by atoms with Gasteiger partial charge in [-0.05, 0) is 36.2 Å². The fourth-order valence-corrected chi connectivity index (χ4v) is 2.30. The smallest absolute Gasteiger partial charge is 0.128 e. The molecular formula is C15H18BrN3. The van der Waals surface area contributed by atoms with Crippen LogP contribution in [0.1, 0.15) is 24.1 Å². The lowest BCUT2D eigenvalue weighted by Gasteiger charge is -2.20. The average Bonchev–Trinajstić information content (AvgIpc) is 2.41. The van der Waals surface area contributed by atoms with Crippen molar-refractivity contribution in [2.75, 3.05) is 11.9 Å². The Labute approximate surface area is 122 Å². The van der Waals surface area contributed by atoms with Crippen molar-refractivity contribution in [1.82, 2.24) is 4.98 Å². The Balaban J connectivity index is 2.18. The number of pyridine rings is 1. The standard InChI is InChI=1S/C15H18BrN3/c1-11(17)12-7-8-18-15(9-12)19(2)10-13-5-3-4-6-14(13)16/h3-9,11H,10,17H2,1-2H3/t11-/m1/s1. The molecule has 0 aliphatic rings. The molecule has 4 heteroatoms. The zero-order chi connectivity index (χ0) is 13.8. The third kappa shape index (κ3) is 3.55. The predicted molar refractivity (Wildman–Crippen MR) is 83.1 cm³/mol. The Hall–Kier alpha value is -1.39. The lowest BCUT2D eigenvalue weighted by atomic mass is 10.1. The van der Waals surface area contributed by atoms with E-state index in [9.17, 15) is 0 Å². The monoisotopic (exact) mass is 319 g/mol. The lowest BCUT2D eigenvalue weighted by molar-refractivity contribution is 0.809. The first-order valence-corrected chi connectivity index (χ1v) is 7.03. The van der Waals surface area contributed by atoms with Crippen LogP contribution in [0.3, 0.4) is 0 Å². The highest BCUT2D eigenvalue weighted by molar-refractivity contribution is 9.10. The molecule has 1 aromatic heterocycles. The first-order chi connectivity index (χ1) is 9.08. The summed E-state index contributed by atoms with van der Waals surface area (Å²) in [5.74, 6) is 0.936. The quantitative estimate of drug-likeness (QED) is 0.937. The maximum absolute atomic E-state index is 5.91. The van der Waals surface area contributed by atoms with E-state index >= 15 is 0 Å². The van der Waals surface area contributed by atoms with E-state index < -0.39 is 0 Å². The molecule has 1 atom stereocenters. The SMILES string of the molecule is C[C@@H](N)c1ccnc(N(C)Cc2ccccc2Br)c1. The number of nitrogens with zero attached hydrogens (tertiary/aromatic N) is 2. The van der Waals surface area contributed by atoms with Gasteiger partial charge in [0.2, 0.25) is 0 Å². The lowest BCUT2D eigenvalue weighted by Crippen LogP contribution is -2.18. The van der Waals surface area contributed by atoms with Crippen molar-refractivity contribution in [2.24, 2.45) is 5.73 Å². The molecule has 0 saturated carbocycles. The van der Waals surface area contributed by atoms with Gasteiger partial charge in [0.15, 0.2) is 0 Å². The van der Waals surface area contributed by atoms with Crippen LogP contribution in [-0.4, -0.2) is 12.0 Å². The Morgan fingerprint density at radius 1 is 1.32 bits per heavy atom. The van der Waals surface area contributed by atoms with E-state index in [0.717, 1.165) is 22.4 Å². The van der Waals surface area contributed by atoms with Crippen molar-refractivity contribution in [3.05, 3.63) is 58.2 Å². The van der Waals surface area contributed by atoms with Gasteiger partial charge in [-0.15, -0.1) is 0 Å². The molecule has 2 aromatic rings. The first kappa shape index (κ1) is 14.0. The molecule has 19 heavy (non-hydrogen) atoms. The highest BCUT2D eigenvalue weighted by atomic mass is 79.9. The third-order valence-electron chi connectivity index (χ3n) is 3.05. The Morgan fingerprint density at radius 3 is 2.74 bits per heavy atom. The van der Waals surface area contributed by atoms with Crippen LogP contribution >= 0.6 is 15.9 Å². The number of halogens is 1. The van der Waals surface area contributed by atoms with Crippen LogP contribution in [0.25, 0.3) is 0 Å². The summed E-state index contributed by atoms with van der Waals surface area (Å²) in [6.07, 6.45) is 1.81. The minimum absolute atomic E-state index is 0.0265. The van der Waals surface area contributed by atoms with Crippen LogP contribution in [0.5, 0.6) is 0 Å². The van der Waals surface area contributed by atoms with Crippen molar-refractivity contribution in [3.63, 3.8) is 0 Å². The summed E-state index contributed by atoms with van der Waals surface area (Å²) in [6, 6.07) is 12.2. The fraction of sp³-hybridized carbons (Fsp3) is 0.267. The van der Waals surface area contributed by atoms with Gasteiger partial charge < -0.3 is 10.6 Å². The van der Waals surface area contributed by atoms with Gasteiger partial charge in [0, 0.05) is 30.3 Å². The molecule has 100 valence electrons. The average molecular weight is 320 g/mol. The molecule has 0 aliphatic heterocycles. The van der Waals surface area contributed by atoms with E-state index in [1.54, 1.807) is 0 Å². The second kappa shape index (κ2) is 6.17. The van der Waals surface area contributed by atoms with Gasteiger partial charge in [-0.25, -0.2) is 4.98 Å². The van der Waals surface area contributed by atoms with E-state index in [1.807, 2.05) is 44.4 Å². The van der Waals surface area contributed by atoms with Crippen molar-refractivity contribution in [1.29, 1.82) is 0 Å². The summed E-state index contributed by atoms with van der Waals surface area (Å²) < 4.78 is 1.12. The summed E-state index contributed by atoms with van der Waals surface area (Å²) in [5.41, 5.74) is 8.24. The van der Waals surface area contributed by atoms with Crippen LogP contribution in [0.2, 0.25) is 0 Å². The number of benzene rings is 1. The zero-order valence-corrected chi connectivity index (χ0v) is 12.8. The van der Waals surface area contributed by atoms with Crippen LogP contribution in [0.4, 0.5) is 5.82 Å². The number of nitrogens with two attached hydrogens (primary N) is 1. The van der Waals surface area contributed by atoms with Crippen molar-refractivity contribution < 1.29 is 0 Å². The normalized spacial score (nSPS) is 12.2. The molecular weight excluding hydrogens is 302 g/mol. The summed E-state index contributed by atoms with van der Waals surface area (Å²) in [6.45, 7) is 2.78. The molecule has 0 saturated heterocycles. The minimum Gasteiger partial charge on any atom is -0.355 e. The number of hydrogen-bond donors (Lipinski definition) is 1. The number of anilines is 1. The number of aromatic nitrogens is 1. The van der Waals surface area contributed by atoms with E-state index in [1.165, 1.54) is 5.56 Å². The van der Waals surface area contributed by atoms with Crippen LogP contribution in [0, 0.1) is 0 Å². The highest BCUT2D eigenvalue weighted by Crippen LogP contribution is 2.21. The highest BCUT2D eigenvalue weighted by Gasteiger charge is 2.08. The van der Waals surface area contributed by atoms with E-state index in [2.05, 4.69) is 37.9 Å². The van der Waals surface area contributed by atoms with Gasteiger partial charge in [-0.1, -0.05) is 34.1 Å². The molecule has 0 spiro atoms. The number of hydrogen-bond acceptors (Lipinski definition) is 3. The van der Waals surface area contributed by atoms with Gasteiger partial charge >= 0.3 is 0 Å². The van der Waals surface area contributed by atoms with E-state index in [0.29, 0.717) is 0 Å². The molecule has 1 heterocycles. The molecule has 2 rings (SSSR count). The predicted octanol–water partition coefficient (Wildman–Crippen LogP) is 3.50. The van der Waals surface area contributed by atoms with Crippen molar-refractivity contribution in [2.45, 2.75) is 19.5 Å². The van der Waals surface area contributed by atoms with E-state index in [4.69, 9.17) is 5.73 Å². The minimum atomic E-state index is 0.0265. The summed E-state index contributed by atoms with van der Waals surface area (Å²) in [5, 5.41) is 0. The van der Waals surface area contributed by atoms with Gasteiger partial charge in [0.1, 0.15) is 5.82 Å². The molecule has 0 fully saturated rings. The second-order valence-corrected chi connectivity index (χ2v) is 5.54. The van der Waals surface area contributed by atoms with Crippen LogP contribution in [0.15, 0.2) is 47.1 Å². The molecule has 0 amide bonds. The van der Waals surface area contributed by atoms with Crippen LogP contribution < -0.4 is 10.6 Å².